The van der Waals surface area contributed by atoms with Gasteiger partial charge in [0.1, 0.15) is 0 Å². The number of aliphatic hydroxyl groups is 2. The van der Waals surface area contributed by atoms with Crippen LogP contribution in [0.15, 0.2) is 24.3 Å². The van der Waals surface area contributed by atoms with E-state index in [1.54, 1.807) is 13.8 Å². The predicted molar refractivity (Wildman–Crippen MR) is 87.4 cm³/mol. The van der Waals surface area contributed by atoms with Crippen LogP contribution in [-0.4, -0.2) is 49.7 Å². The number of rotatable bonds is 11. The lowest BCUT2D eigenvalue weighted by Gasteiger charge is -2.23. The van der Waals surface area contributed by atoms with Gasteiger partial charge in [0, 0.05) is 18.8 Å². The topological polar surface area (TPSA) is 79.2 Å². The van der Waals surface area contributed by atoms with Crippen molar-refractivity contribution >= 4 is 13.3 Å². The molecule has 22 heavy (non-hydrogen) atoms. The molecular formula is C15H26NO5P. The van der Waals surface area contributed by atoms with Crippen molar-refractivity contribution in [1.29, 1.82) is 0 Å². The largest absolute Gasteiger partial charge is 0.395 e. The Kier molecular flexibility index (Phi) is 8.68. The Morgan fingerprint density at radius 1 is 1.00 bits per heavy atom. The molecule has 0 heterocycles. The maximum atomic E-state index is 12.5. The summed E-state index contributed by atoms with van der Waals surface area (Å²) in [6.07, 6.45) is 0.231. The van der Waals surface area contributed by atoms with Crippen LogP contribution in [0.1, 0.15) is 19.4 Å². The van der Waals surface area contributed by atoms with E-state index in [1.165, 1.54) is 0 Å². The van der Waals surface area contributed by atoms with E-state index in [0.29, 0.717) is 26.3 Å². The van der Waals surface area contributed by atoms with Gasteiger partial charge in [-0.25, -0.2) is 0 Å². The van der Waals surface area contributed by atoms with Gasteiger partial charge in [-0.05, 0) is 31.5 Å². The first kappa shape index (κ1) is 19.1. The summed E-state index contributed by atoms with van der Waals surface area (Å²) in [6, 6.07) is 7.48. The Morgan fingerprint density at radius 3 is 1.91 bits per heavy atom. The quantitative estimate of drug-likeness (QED) is 0.606. The molecule has 0 radical (unpaired) electrons. The summed E-state index contributed by atoms with van der Waals surface area (Å²) in [6.45, 7) is 5.21. The first-order chi connectivity index (χ1) is 10.6. The highest BCUT2D eigenvalue weighted by Crippen LogP contribution is 2.51. The number of hydrogen-bond donors (Lipinski definition) is 2. The molecule has 0 aliphatic carbocycles. The Morgan fingerprint density at radius 2 is 1.50 bits per heavy atom. The van der Waals surface area contributed by atoms with E-state index >= 15 is 0 Å². The van der Waals surface area contributed by atoms with Crippen LogP contribution in [0.25, 0.3) is 0 Å². The minimum Gasteiger partial charge on any atom is -0.395 e. The van der Waals surface area contributed by atoms with Crippen molar-refractivity contribution in [3.05, 3.63) is 29.8 Å². The number of hydrogen-bond acceptors (Lipinski definition) is 6. The molecule has 0 aromatic heterocycles. The third-order valence-corrected chi connectivity index (χ3v) is 5.12. The van der Waals surface area contributed by atoms with E-state index in [9.17, 15) is 4.57 Å². The van der Waals surface area contributed by atoms with Crippen molar-refractivity contribution in [2.45, 2.75) is 20.0 Å². The van der Waals surface area contributed by atoms with E-state index in [4.69, 9.17) is 19.3 Å². The number of nitrogens with zero attached hydrogens (tertiary/aromatic N) is 1. The molecule has 0 aliphatic rings. The van der Waals surface area contributed by atoms with Crippen LogP contribution < -0.4 is 4.90 Å². The molecule has 0 saturated carbocycles. The van der Waals surface area contributed by atoms with Gasteiger partial charge >= 0.3 is 7.60 Å². The van der Waals surface area contributed by atoms with E-state index in [1.807, 2.05) is 29.2 Å². The lowest BCUT2D eigenvalue weighted by atomic mass is 10.2. The third-order valence-electron chi connectivity index (χ3n) is 3.07. The fraction of sp³-hybridized carbons (Fsp3) is 0.600. The van der Waals surface area contributed by atoms with Gasteiger partial charge in [-0.1, -0.05) is 12.1 Å². The van der Waals surface area contributed by atoms with Gasteiger partial charge in [0.25, 0.3) is 0 Å². The molecule has 1 aromatic carbocycles. The summed E-state index contributed by atoms with van der Waals surface area (Å²) >= 11 is 0. The zero-order chi connectivity index (χ0) is 16.4. The average Bonchev–Trinajstić information content (AvgIpc) is 2.48. The van der Waals surface area contributed by atoms with E-state index in [-0.39, 0.29) is 19.4 Å². The second kappa shape index (κ2) is 9.98. The lowest BCUT2D eigenvalue weighted by molar-refractivity contribution is 0.219. The molecule has 7 heteroatoms. The van der Waals surface area contributed by atoms with E-state index in [2.05, 4.69) is 0 Å². The molecule has 0 spiro atoms. The highest BCUT2D eigenvalue weighted by atomic mass is 31.2. The average molecular weight is 331 g/mol. The molecule has 0 unspecified atom stereocenters. The van der Waals surface area contributed by atoms with E-state index < -0.39 is 7.60 Å². The second-order valence-corrected chi connectivity index (χ2v) is 6.76. The molecule has 0 saturated heterocycles. The highest BCUT2D eigenvalue weighted by molar-refractivity contribution is 7.53. The lowest BCUT2D eigenvalue weighted by Crippen LogP contribution is -2.29. The van der Waals surface area contributed by atoms with Crippen molar-refractivity contribution in [2.24, 2.45) is 0 Å². The fourth-order valence-electron chi connectivity index (χ4n) is 2.17. The fourth-order valence-corrected chi connectivity index (χ4v) is 3.87. The van der Waals surface area contributed by atoms with E-state index in [0.717, 1.165) is 11.3 Å². The Balaban J connectivity index is 2.80. The van der Waals surface area contributed by atoms with Gasteiger partial charge in [0.15, 0.2) is 0 Å². The minimum absolute atomic E-state index is 0.0195. The van der Waals surface area contributed by atoms with Gasteiger partial charge in [-0.2, -0.15) is 0 Å². The van der Waals surface area contributed by atoms with Crippen LogP contribution in [0.5, 0.6) is 0 Å². The normalized spacial score (nSPS) is 11.6. The monoisotopic (exact) mass is 331 g/mol. The van der Waals surface area contributed by atoms with Crippen molar-refractivity contribution in [2.75, 3.05) is 44.4 Å². The summed E-state index contributed by atoms with van der Waals surface area (Å²) < 4.78 is 23.1. The van der Waals surface area contributed by atoms with Gasteiger partial charge in [-0.3, -0.25) is 4.57 Å². The molecular weight excluding hydrogens is 305 g/mol. The van der Waals surface area contributed by atoms with Crippen LogP contribution in [-0.2, 0) is 19.8 Å². The molecule has 0 amide bonds. The molecule has 0 fully saturated rings. The summed E-state index contributed by atoms with van der Waals surface area (Å²) in [5.74, 6) is 0. The predicted octanol–water partition coefficient (Wildman–Crippen LogP) is 2.24. The molecule has 1 aromatic rings. The van der Waals surface area contributed by atoms with Crippen molar-refractivity contribution in [3.63, 3.8) is 0 Å². The SMILES string of the molecule is CCOP(=O)(Cc1ccc(N(CCO)CCO)cc1)OCC. The van der Waals surface area contributed by atoms with Crippen LogP contribution in [0.3, 0.4) is 0 Å². The summed E-state index contributed by atoms with van der Waals surface area (Å²) in [5, 5.41) is 18.1. The van der Waals surface area contributed by atoms with Crippen LogP contribution in [0.2, 0.25) is 0 Å². The van der Waals surface area contributed by atoms with Gasteiger partial charge in [-0.15, -0.1) is 0 Å². The molecule has 1 rings (SSSR count). The molecule has 0 atom stereocenters. The standard InChI is InChI=1S/C15H26NO5P/c1-3-20-22(19,21-4-2)13-14-5-7-15(8-6-14)16(9-11-17)10-12-18/h5-8,17-18H,3-4,9-13H2,1-2H3. The summed E-state index contributed by atoms with van der Waals surface area (Å²) in [7, 11) is -3.10. The van der Waals surface area contributed by atoms with Gasteiger partial charge in [0.2, 0.25) is 0 Å². The number of benzene rings is 1. The number of anilines is 1. The zero-order valence-electron chi connectivity index (χ0n) is 13.3. The Bertz CT molecular complexity index is 450. The number of aliphatic hydroxyl groups excluding tert-OH is 2. The van der Waals surface area contributed by atoms with Gasteiger partial charge < -0.3 is 24.2 Å². The molecule has 126 valence electrons. The highest BCUT2D eigenvalue weighted by Gasteiger charge is 2.24. The van der Waals surface area contributed by atoms with Crippen molar-refractivity contribution in [3.8, 4) is 0 Å². The molecule has 6 nitrogen and oxygen atoms in total. The maximum absolute atomic E-state index is 12.5. The Hall–Kier alpha value is -0.910. The third kappa shape index (κ3) is 6.07. The van der Waals surface area contributed by atoms with Crippen LogP contribution in [0, 0.1) is 0 Å². The minimum atomic E-state index is -3.10. The molecule has 0 bridgehead atoms. The van der Waals surface area contributed by atoms with Crippen molar-refractivity contribution in [1.82, 2.24) is 0 Å². The zero-order valence-corrected chi connectivity index (χ0v) is 14.2. The van der Waals surface area contributed by atoms with Crippen molar-refractivity contribution < 1.29 is 23.8 Å². The van der Waals surface area contributed by atoms with Gasteiger partial charge in [0.05, 0.1) is 32.6 Å². The summed E-state index contributed by atoms with van der Waals surface area (Å²) in [4.78, 5) is 1.88. The molecule has 0 aliphatic heterocycles. The smallest absolute Gasteiger partial charge is 0.335 e. The second-order valence-electron chi connectivity index (χ2n) is 4.71. The maximum Gasteiger partial charge on any atom is 0.335 e. The Labute approximate surface area is 132 Å². The first-order valence-electron chi connectivity index (χ1n) is 7.52. The molecule has 2 N–H and O–H groups in total. The van der Waals surface area contributed by atoms with Crippen LogP contribution >= 0.6 is 7.60 Å². The summed E-state index contributed by atoms with van der Waals surface area (Å²) in [5.41, 5.74) is 1.76. The van der Waals surface area contributed by atoms with Crippen LogP contribution in [0.4, 0.5) is 5.69 Å². The first-order valence-corrected chi connectivity index (χ1v) is 9.25.